The smallest absolute Gasteiger partial charge is 0.234 e. The van der Waals surface area contributed by atoms with E-state index >= 15 is 0 Å². The maximum absolute atomic E-state index is 11.8. The third-order valence-electron chi connectivity index (χ3n) is 3.85. The Labute approximate surface area is 133 Å². The number of nitrogens with one attached hydrogen (secondary N) is 2. The third-order valence-corrected chi connectivity index (χ3v) is 4.79. The van der Waals surface area contributed by atoms with Gasteiger partial charge in [-0.15, -0.1) is 0 Å². The van der Waals surface area contributed by atoms with E-state index in [1.54, 1.807) is 13.4 Å². The second-order valence-electron chi connectivity index (χ2n) is 5.54. The van der Waals surface area contributed by atoms with Crippen molar-refractivity contribution in [2.45, 2.75) is 31.2 Å². The van der Waals surface area contributed by atoms with Crippen molar-refractivity contribution in [2.24, 2.45) is 5.92 Å². The minimum atomic E-state index is -1.11. The van der Waals surface area contributed by atoms with Crippen molar-refractivity contribution in [2.75, 3.05) is 13.4 Å². The lowest BCUT2D eigenvalue weighted by molar-refractivity contribution is -0.125. The van der Waals surface area contributed by atoms with Gasteiger partial charge >= 0.3 is 0 Å². The molecule has 1 aliphatic rings. The zero-order valence-corrected chi connectivity index (χ0v) is 14.1. The van der Waals surface area contributed by atoms with Crippen LogP contribution in [0.5, 0.6) is 5.75 Å². The Morgan fingerprint density at radius 2 is 2.18 bits per heavy atom. The fourth-order valence-corrected chi connectivity index (χ4v) is 3.33. The number of benzene rings is 1. The van der Waals surface area contributed by atoms with Crippen molar-refractivity contribution in [3.05, 3.63) is 29.8 Å². The third kappa shape index (κ3) is 3.56. The van der Waals surface area contributed by atoms with Crippen molar-refractivity contribution < 1.29 is 13.7 Å². The minimum Gasteiger partial charge on any atom is -0.495 e. The summed E-state index contributed by atoms with van der Waals surface area (Å²) in [6.07, 6.45) is 4.21. The SMILES string of the molecule is COc1c(/C(C)=C/C2NNC(=O)CC2C)cccc1S(C)=O. The van der Waals surface area contributed by atoms with Crippen LogP contribution in [0.2, 0.25) is 0 Å². The van der Waals surface area contributed by atoms with Crippen LogP contribution in [0.25, 0.3) is 5.57 Å². The predicted octanol–water partition coefficient (Wildman–Crippen LogP) is 1.87. The molecule has 5 nitrogen and oxygen atoms in total. The molecule has 0 radical (unpaired) electrons. The van der Waals surface area contributed by atoms with Gasteiger partial charge in [0.1, 0.15) is 5.75 Å². The molecule has 120 valence electrons. The standard InChI is InChI=1S/C16H22N2O3S/c1-10(8-13-11(2)9-15(19)18-17-13)12-6-5-7-14(22(4)20)16(12)21-3/h5-8,11,13,17H,9H2,1-4H3,(H,18,19)/b10-8+. The number of carbonyl (C=O) groups is 1. The first kappa shape index (κ1) is 16.7. The summed E-state index contributed by atoms with van der Waals surface area (Å²) in [4.78, 5) is 12.0. The van der Waals surface area contributed by atoms with E-state index in [1.807, 2.05) is 32.0 Å². The fourth-order valence-electron chi connectivity index (χ4n) is 2.60. The molecule has 0 aliphatic carbocycles. The topological polar surface area (TPSA) is 67.4 Å². The highest BCUT2D eigenvalue weighted by Crippen LogP contribution is 2.32. The molecule has 1 saturated heterocycles. The van der Waals surface area contributed by atoms with E-state index in [2.05, 4.69) is 16.9 Å². The van der Waals surface area contributed by atoms with Crippen LogP contribution in [0.15, 0.2) is 29.2 Å². The van der Waals surface area contributed by atoms with Gasteiger partial charge in [0.25, 0.3) is 0 Å². The quantitative estimate of drug-likeness (QED) is 0.888. The van der Waals surface area contributed by atoms with Crippen LogP contribution in [0, 0.1) is 5.92 Å². The van der Waals surface area contributed by atoms with Crippen molar-refractivity contribution in [1.82, 2.24) is 10.9 Å². The first-order chi connectivity index (χ1) is 10.4. The van der Waals surface area contributed by atoms with Gasteiger partial charge in [-0.3, -0.25) is 14.4 Å². The van der Waals surface area contributed by atoms with Gasteiger partial charge in [0.05, 0.1) is 22.8 Å². The van der Waals surface area contributed by atoms with Gasteiger partial charge in [-0.1, -0.05) is 25.1 Å². The fraction of sp³-hybridized carbons (Fsp3) is 0.438. The van der Waals surface area contributed by atoms with Crippen molar-refractivity contribution in [3.8, 4) is 5.75 Å². The molecule has 3 atom stereocenters. The summed E-state index contributed by atoms with van der Waals surface area (Å²) in [5, 5.41) is 0. The van der Waals surface area contributed by atoms with Gasteiger partial charge < -0.3 is 4.74 Å². The molecule has 1 aliphatic heterocycles. The van der Waals surface area contributed by atoms with Gasteiger partial charge in [-0.25, -0.2) is 5.43 Å². The van der Waals surface area contributed by atoms with Crippen LogP contribution in [-0.4, -0.2) is 29.5 Å². The highest BCUT2D eigenvalue weighted by atomic mass is 32.2. The number of hydrogen-bond donors (Lipinski definition) is 2. The lowest BCUT2D eigenvalue weighted by Crippen LogP contribution is -2.52. The van der Waals surface area contributed by atoms with Gasteiger partial charge in [0.15, 0.2) is 0 Å². The number of hydrazine groups is 1. The highest BCUT2D eigenvalue weighted by molar-refractivity contribution is 7.84. The molecular weight excluding hydrogens is 300 g/mol. The van der Waals surface area contributed by atoms with Gasteiger partial charge in [0, 0.05) is 24.3 Å². The molecule has 0 saturated carbocycles. The molecule has 1 aromatic carbocycles. The zero-order chi connectivity index (χ0) is 16.3. The molecular formula is C16H22N2O3S. The normalized spacial score (nSPS) is 23.8. The number of amides is 1. The van der Waals surface area contributed by atoms with Crippen LogP contribution in [0.3, 0.4) is 0 Å². The van der Waals surface area contributed by atoms with Crippen molar-refractivity contribution in [3.63, 3.8) is 0 Å². The molecule has 0 bridgehead atoms. The second kappa shape index (κ2) is 7.07. The lowest BCUT2D eigenvalue weighted by Gasteiger charge is -2.28. The van der Waals surface area contributed by atoms with Crippen LogP contribution in [0.1, 0.15) is 25.8 Å². The Bertz CT molecular complexity index is 628. The average molecular weight is 322 g/mol. The summed E-state index contributed by atoms with van der Waals surface area (Å²) in [7, 11) is 0.477. The zero-order valence-electron chi connectivity index (χ0n) is 13.3. The first-order valence-corrected chi connectivity index (χ1v) is 8.73. The summed E-state index contributed by atoms with van der Waals surface area (Å²) < 4.78 is 17.3. The van der Waals surface area contributed by atoms with Gasteiger partial charge in [0.2, 0.25) is 5.91 Å². The number of rotatable bonds is 4. The molecule has 1 fully saturated rings. The Kier molecular flexibility index (Phi) is 5.37. The molecule has 1 amide bonds. The van der Waals surface area contributed by atoms with Crippen molar-refractivity contribution in [1.29, 1.82) is 0 Å². The molecule has 22 heavy (non-hydrogen) atoms. The summed E-state index contributed by atoms with van der Waals surface area (Å²) in [6, 6.07) is 5.70. The van der Waals surface area contributed by atoms with E-state index in [0.717, 1.165) is 11.1 Å². The van der Waals surface area contributed by atoms with E-state index in [9.17, 15) is 9.00 Å². The van der Waals surface area contributed by atoms with Crippen molar-refractivity contribution >= 4 is 22.3 Å². The molecule has 1 heterocycles. The summed E-state index contributed by atoms with van der Waals surface area (Å²) >= 11 is 0. The van der Waals surface area contributed by atoms with E-state index in [0.29, 0.717) is 17.1 Å². The highest BCUT2D eigenvalue weighted by Gasteiger charge is 2.24. The van der Waals surface area contributed by atoms with E-state index < -0.39 is 10.8 Å². The largest absolute Gasteiger partial charge is 0.495 e. The minimum absolute atomic E-state index is 0.00996. The molecule has 1 aromatic rings. The summed E-state index contributed by atoms with van der Waals surface area (Å²) in [5.41, 5.74) is 7.62. The maximum atomic E-state index is 11.8. The summed E-state index contributed by atoms with van der Waals surface area (Å²) in [5.74, 6) is 0.860. The number of allylic oxidation sites excluding steroid dienone is 1. The molecule has 0 aromatic heterocycles. The molecule has 2 N–H and O–H groups in total. The van der Waals surface area contributed by atoms with E-state index in [-0.39, 0.29) is 17.9 Å². The van der Waals surface area contributed by atoms with Crippen LogP contribution >= 0.6 is 0 Å². The number of methoxy groups -OCH3 is 1. The molecule has 2 rings (SSSR count). The van der Waals surface area contributed by atoms with E-state index in [1.165, 1.54) is 0 Å². The Morgan fingerprint density at radius 3 is 2.77 bits per heavy atom. The number of para-hydroxylation sites is 1. The van der Waals surface area contributed by atoms with Crippen LogP contribution < -0.4 is 15.6 Å². The van der Waals surface area contributed by atoms with Crippen LogP contribution in [0.4, 0.5) is 0 Å². The summed E-state index contributed by atoms with van der Waals surface area (Å²) in [6.45, 7) is 4.03. The lowest BCUT2D eigenvalue weighted by atomic mass is 9.93. The average Bonchev–Trinajstić information content (AvgIpc) is 2.49. The van der Waals surface area contributed by atoms with Gasteiger partial charge in [-0.05, 0) is 24.5 Å². The molecule has 3 unspecified atom stereocenters. The Hall–Kier alpha value is -1.66. The predicted molar refractivity (Wildman–Crippen MR) is 87.8 cm³/mol. The first-order valence-electron chi connectivity index (χ1n) is 7.17. The number of carbonyl (C=O) groups excluding carboxylic acids is 1. The van der Waals surface area contributed by atoms with Gasteiger partial charge in [-0.2, -0.15) is 0 Å². The Morgan fingerprint density at radius 1 is 1.45 bits per heavy atom. The monoisotopic (exact) mass is 322 g/mol. The van der Waals surface area contributed by atoms with E-state index in [4.69, 9.17) is 4.74 Å². The molecule has 6 heteroatoms. The second-order valence-corrected chi connectivity index (χ2v) is 6.89. The maximum Gasteiger partial charge on any atom is 0.234 e. The molecule has 0 spiro atoms. The Balaban J connectivity index is 2.34. The van der Waals surface area contributed by atoms with Crippen LogP contribution in [-0.2, 0) is 15.6 Å². The number of hydrogen-bond acceptors (Lipinski definition) is 4. The number of ether oxygens (including phenoxy) is 1.